The van der Waals surface area contributed by atoms with Gasteiger partial charge in [-0.05, 0) is 36.4 Å². The molecule has 0 saturated heterocycles. The van der Waals surface area contributed by atoms with Crippen LogP contribution in [-0.2, 0) is 9.47 Å². The first kappa shape index (κ1) is 18.0. The van der Waals surface area contributed by atoms with Crippen molar-refractivity contribution in [1.29, 1.82) is 0 Å². The molecule has 0 aliphatic heterocycles. The number of ketones is 1. The van der Waals surface area contributed by atoms with Gasteiger partial charge in [-0.15, -0.1) is 0 Å². The molecule has 0 aromatic heterocycles. The Morgan fingerprint density at radius 1 is 0.800 bits per heavy atom. The molecular weight excluding hydrogens is 328 g/mol. The number of phenolic OH excluding ortho intramolecular Hbond substituents is 1. The van der Waals surface area contributed by atoms with Gasteiger partial charge in [0.15, 0.2) is 5.78 Å². The van der Waals surface area contributed by atoms with Crippen LogP contribution in [0.2, 0.25) is 0 Å². The average molecular weight is 344 g/mol. The van der Waals surface area contributed by atoms with Gasteiger partial charge in [0.05, 0.1) is 38.0 Å². The molecule has 0 atom stereocenters. The maximum absolute atomic E-state index is 12.7. The van der Waals surface area contributed by atoms with Crippen molar-refractivity contribution in [2.75, 3.05) is 21.3 Å². The predicted molar refractivity (Wildman–Crippen MR) is 87.2 cm³/mol. The van der Waals surface area contributed by atoms with Crippen LogP contribution in [-0.4, -0.2) is 44.2 Å². The van der Waals surface area contributed by atoms with E-state index in [-0.39, 0.29) is 28.0 Å². The summed E-state index contributed by atoms with van der Waals surface area (Å²) in [4.78, 5) is 36.3. The van der Waals surface area contributed by atoms with Crippen molar-refractivity contribution in [3.05, 3.63) is 58.7 Å². The summed E-state index contributed by atoms with van der Waals surface area (Å²) < 4.78 is 14.3. The van der Waals surface area contributed by atoms with Crippen molar-refractivity contribution in [2.24, 2.45) is 0 Å². The average Bonchev–Trinajstić information content (AvgIpc) is 2.66. The third kappa shape index (κ3) is 3.77. The number of phenols is 1. The Morgan fingerprint density at radius 2 is 1.32 bits per heavy atom. The zero-order chi connectivity index (χ0) is 18.6. The van der Waals surface area contributed by atoms with Crippen molar-refractivity contribution < 1.29 is 33.7 Å². The molecule has 0 spiro atoms. The second-order valence-corrected chi connectivity index (χ2v) is 4.99. The number of rotatable bonds is 5. The highest BCUT2D eigenvalue weighted by molar-refractivity contribution is 6.12. The normalized spacial score (nSPS) is 10.0. The third-order valence-corrected chi connectivity index (χ3v) is 3.49. The van der Waals surface area contributed by atoms with E-state index in [0.717, 1.165) is 0 Å². The molecule has 0 bridgehead atoms. The van der Waals surface area contributed by atoms with Crippen LogP contribution in [0.4, 0.5) is 0 Å². The number of hydrogen-bond acceptors (Lipinski definition) is 7. The van der Waals surface area contributed by atoms with E-state index >= 15 is 0 Å². The van der Waals surface area contributed by atoms with Gasteiger partial charge in [0.2, 0.25) is 0 Å². The zero-order valence-electron chi connectivity index (χ0n) is 13.9. The Morgan fingerprint density at radius 3 is 1.80 bits per heavy atom. The predicted octanol–water partition coefficient (Wildman–Crippen LogP) is 2.21. The van der Waals surface area contributed by atoms with Crippen molar-refractivity contribution >= 4 is 17.7 Å². The molecule has 2 aromatic carbocycles. The van der Waals surface area contributed by atoms with Crippen LogP contribution < -0.4 is 4.74 Å². The van der Waals surface area contributed by atoms with Gasteiger partial charge in [-0.1, -0.05) is 0 Å². The van der Waals surface area contributed by atoms with Crippen LogP contribution in [0.3, 0.4) is 0 Å². The van der Waals surface area contributed by atoms with Gasteiger partial charge in [-0.25, -0.2) is 9.59 Å². The standard InChI is InChI=1S/C18H16O7/c1-23-13-4-5-15(19)14(9-13)16(20)10-6-11(17(21)24-2)8-12(7-10)18(22)25-3/h4-9,19H,1-3H3. The van der Waals surface area contributed by atoms with E-state index in [4.69, 9.17) is 4.74 Å². The zero-order valence-corrected chi connectivity index (χ0v) is 13.9. The lowest BCUT2D eigenvalue weighted by molar-refractivity contribution is 0.0599. The van der Waals surface area contributed by atoms with Crippen LogP contribution in [0.1, 0.15) is 36.6 Å². The summed E-state index contributed by atoms with van der Waals surface area (Å²) in [6.07, 6.45) is 0. The maximum atomic E-state index is 12.7. The molecule has 7 heteroatoms. The molecule has 0 fully saturated rings. The summed E-state index contributed by atoms with van der Waals surface area (Å²) >= 11 is 0. The molecule has 7 nitrogen and oxygen atoms in total. The lowest BCUT2D eigenvalue weighted by atomic mass is 9.97. The second kappa shape index (κ2) is 7.48. The lowest BCUT2D eigenvalue weighted by Crippen LogP contribution is -2.11. The number of esters is 2. The number of carbonyl (C=O) groups excluding carboxylic acids is 3. The highest BCUT2D eigenvalue weighted by atomic mass is 16.5. The summed E-state index contributed by atoms with van der Waals surface area (Å²) in [6, 6.07) is 7.99. The monoisotopic (exact) mass is 344 g/mol. The first-order valence-corrected chi connectivity index (χ1v) is 7.14. The van der Waals surface area contributed by atoms with E-state index in [0.29, 0.717) is 5.75 Å². The van der Waals surface area contributed by atoms with Gasteiger partial charge in [0, 0.05) is 5.56 Å². The fraction of sp³-hybridized carbons (Fsp3) is 0.167. The van der Waals surface area contributed by atoms with Gasteiger partial charge in [0.25, 0.3) is 0 Å². The SMILES string of the molecule is COC(=O)c1cc(C(=O)OC)cc(C(=O)c2cc(OC)ccc2O)c1. The maximum Gasteiger partial charge on any atom is 0.337 e. The molecule has 0 unspecified atom stereocenters. The van der Waals surface area contributed by atoms with Crippen molar-refractivity contribution in [2.45, 2.75) is 0 Å². The highest BCUT2D eigenvalue weighted by Gasteiger charge is 2.20. The van der Waals surface area contributed by atoms with Crippen molar-refractivity contribution in [3.8, 4) is 11.5 Å². The summed E-state index contributed by atoms with van der Waals surface area (Å²) in [5, 5.41) is 9.95. The molecule has 0 aliphatic rings. The summed E-state index contributed by atoms with van der Waals surface area (Å²) in [7, 11) is 3.79. The largest absolute Gasteiger partial charge is 0.507 e. The van der Waals surface area contributed by atoms with Crippen LogP contribution in [0.5, 0.6) is 11.5 Å². The van der Waals surface area contributed by atoms with E-state index in [1.165, 1.54) is 57.7 Å². The molecule has 2 rings (SSSR count). The molecule has 1 N–H and O–H groups in total. The third-order valence-electron chi connectivity index (χ3n) is 3.49. The number of ether oxygens (including phenoxy) is 3. The Bertz CT molecular complexity index is 805. The van der Waals surface area contributed by atoms with E-state index < -0.39 is 17.7 Å². The van der Waals surface area contributed by atoms with Crippen molar-refractivity contribution in [1.82, 2.24) is 0 Å². The number of benzene rings is 2. The molecule has 25 heavy (non-hydrogen) atoms. The van der Waals surface area contributed by atoms with Gasteiger partial charge < -0.3 is 19.3 Å². The highest BCUT2D eigenvalue weighted by Crippen LogP contribution is 2.26. The van der Waals surface area contributed by atoms with E-state index in [1.54, 1.807) is 0 Å². The smallest absolute Gasteiger partial charge is 0.337 e. The Balaban J connectivity index is 2.59. The van der Waals surface area contributed by atoms with Gasteiger partial charge >= 0.3 is 11.9 Å². The number of aromatic hydroxyl groups is 1. The van der Waals surface area contributed by atoms with Crippen molar-refractivity contribution in [3.63, 3.8) is 0 Å². The van der Waals surface area contributed by atoms with E-state index in [2.05, 4.69) is 9.47 Å². The van der Waals surface area contributed by atoms with E-state index in [1.807, 2.05) is 0 Å². The van der Waals surface area contributed by atoms with Gasteiger partial charge in [-0.2, -0.15) is 0 Å². The fourth-order valence-electron chi connectivity index (χ4n) is 2.21. The molecule has 0 heterocycles. The number of hydrogen-bond donors (Lipinski definition) is 1. The quantitative estimate of drug-likeness (QED) is 0.656. The minimum atomic E-state index is -0.713. The first-order chi connectivity index (χ1) is 11.9. The van der Waals surface area contributed by atoms with E-state index in [9.17, 15) is 19.5 Å². The summed E-state index contributed by atoms with van der Waals surface area (Å²) in [5.41, 5.74) is 0.0105. The first-order valence-electron chi connectivity index (χ1n) is 7.14. The molecule has 130 valence electrons. The van der Waals surface area contributed by atoms with Crippen LogP contribution in [0.25, 0.3) is 0 Å². The summed E-state index contributed by atoms with van der Waals surface area (Å²) in [6.45, 7) is 0. The Hall–Kier alpha value is -3.35. The minimum absolute atomic E-state index is 0.0103. The molecule has 0 saturated carbocycles. The Labute approximate surface area is 143 Å². The molecule has 0 aliphatic carbocycles. The van der Waals surface area contributed by atoms with Crippen LogP contribution in [0, 0.1) is 0 Å². The molecule has 2 aromatic rings. The number of carbonyl (C=O) groups is 3. The van der Waals surface area contributed by atoms with Crippen LogP contribution >= 0.6 is 0 Å². The fourth-order valence-corrected chi connectivity index (χ4v) is 2.21. The molecular formula is C18H16O7. The molecule has 0 amide bonds. The topological polar surface area (TPSA) is 99.1 Å². The van der Waals surface area contributed by atoms with Crippen LogP contribution in [0.15, 0.2) is 36.4 Å². The summed E-state index contributed by atoms with van der Waals surface area (Å²) in [5.74, 6) is -1.90. The second-order valence-electron chi connectivity index (χ2n) is 4.99. The minimum Gasteiger partial charge on any atom is -0.507 e. The molecule has 0 radical (unpaired) electrons. The lowest BCUT2D eigenvalue weighted by Gasteiger charge is -2.09. The van der Waals surface area contributed by atoms with Gasteiger partial charge in [-0.3, -0.25) is 4.79 Å². The van der Waals surface area contributed by atoms with Gasteiger partial charge in [0.1, 0.15) is 11.5 Å². The Kier molecular flexibility index (Phi) is 5.38. The number of methoxy groups -OCH3 is 3.